The SMILES string of the molecule is CCN=C=O.O=C(O)O. The molecule has 0 aromatic rings. The number of nitrogens with zero attached hydrogens (tertiary/aromatic N) is 1. The Balaban J connectivity index is 0. The molecule has 0 rings (SSSR count). The van der Waals surface area contributed by atoms with Gasteiger partial charge in [0, 0.05) is 6.54 Å². The van der Waals surface area contributed by atoms with Crippen LogP contribution in [0.4, 0.5) is 4.79 Å². The third-order valence-electron chi connectivity index (χ3n) is 0.223. The van der Waals surface area contributed by atoms with Gasteiger partial charge >= 0.3 is 6.16 Å². The van der Waals surface area contributed by atoms with Crippen molar-refractivity contribution in [3.8, 4) is 0 Å². The summed E-state index contributed by atoms with van der Waals surface area (Å²) >= 11 is 0. The Labute approximate surface area is 51.6 Å². The molecule has 0 heterocycles. The molecule has 0 aliphatic carbocycles. The van der Waals surface area contributed by atoms with Crippen molar-refractivity contribution in [1.82, 2.24) is 0 Å². The fourth-order valence-corrected chi connectivity index (χ4v) is 0.0645. The van der Waals surface area contributed by atoms with Gasteiger partial charge in [0.15, 0.2) is 0 Å². The lowest BCUT2D eigenvalue weighted by molar-refractivity contribution is 0.137. The second-order valence-electron chi connectivity index (χ2n) is 0.848. The summed E-state index contributed by atoms with van der Waals surface area (Å²) in [6.07, 6.45) is -0.441. The van der Waals surface area contributed by atoms with Gasteiger partial charge in [0.1, 0.15) is 0 Å². The van der Waals surface area contributed by atoms with Crippen LogP contribution in [0.15, 0.2) is 4.99 Å². The molecule has 0 aliphatic rings. The van der Waals surface area contributed by atoms with Gasteiger partial charge in [0.05, 0.1) is 0 Å². The molecular weight excluding hydrogens is 126 g/mol. The van der Waals surface area contributed by atoms with Crippen LogP contribution < -0.4 is 0 Å². The van der Waals surface area contributed by atoms with E-state index in [1.165, 1.54) is 6.08 Å². The lowest BCUT2D eigenvalue weighted by atomic mass is 10.8. The predicted molar refractivity (Wildman–Crippen MR) is 29.3 cm³/mol. The smallest absolute Gasteiger partial charge is 0.450 e. The summed E-state index contributed by atoms with van der Waals surface area (Å²) in [4.78, 5) is 20.8. The molecule has 0 unspecified atom stereocenters. The molecule has 2 N–H and O–H groups in total. The lowest BCUT2D eigenvalue weighted by Crippen LogP contribution is -1.81. The Morgan fingerprint density at radius 1 is 1.67 bits per heavy atom. The molecule has 0 aliphatic heterocycles. The molecule has 0 bridgehead atoms. The third kappa shape index (κ3) is 340. The summed E-state index contributed by atoms with van der Waals surface area (Å²) in [5.74, 6) is 0. The van der Waals surface area contributed by atoms with Crippen LogP contribution in [0.1, 0.15) is 6.92 Å². The van der Waals surface area contributed by atoms with Crippen LogP contribution in [0.5, 0.6) is 0 Å². The number of rotatable bonds is 1. The Kier molecular flexibility index (Phi) is 11.6. The summed E-state index contributed by atoms with van der Waals surface area (Å²) in [6.45, 7) is 2.33. The first-order valence-corrected chi connectivity index (χ1v) is 2.10. The molecule has 9 heavy (non-hydrogen) atoms. The summed E-state index contributed by atoms with van der Waals surface area (Å²) in [7, 11) is 0. The number of carboxylic acid groups (broad SMARTS) is 2. The fraction of sp³-hybridized carbons (Fsp3) is 0.500. The summed E-state index contributed by atoms with van der Waals surface area (Å²) in [5, 5.41) is 13.9. The lowest BCUT2D eigenvalue weighted by Gasteiger charge is -1.60. The Bertz CT molecular complexity index is 112. The standard InChI is InChI=1S/C3H5NO.CH2O3/c1-2-4-3-5;2-1(3)4/h2H2,1H3;(H2,2,3,4). The van der Waals surface area contributed by atoms with Crippen LogP contribution in [0, 0.1) is 0 Å². The highest BCUT2D eigenvalue weighted by Crippen LogP contribution is 1.52. The van der Waals surface area contributed by atoms with Crippen LogP contribution in [-0.4, -0.2) is 29.0 Å². The number of aliphatic imine (C=N–C) groups is 1. The van der Waals surface area contributed by atoms with Crippen molar-refractivity contribution in [2.45, 2.75) is 6.92 Å². The number of isocyanates is 1. The van der Waals surface area contributed by atoms with Gasteiger partial charge in [-0.05, 0) is 6.92 Å². The highest BCUT2D eigenvalue weighted by atomic mass is 16.6. The van der Waals surface area contributed by atoms with E-state index < -0.39 is 6.16 Å². The minimum Gasteiger partial charge on any atom is -0.450 e. The molecule has 0 atom stereocenters. The van der Waals surface area contributed by atoms with Crippen LogP contribution in [0.2, 0.25) is 0 Å². The average molecular weight is 133 g/mol. The van der Waals surface area contributed by atoms with Crippen molar-refractivity contribution in [3.05, 3.63) is 0 Å². The van der Waals surface area contributed by atoms with Gasteiger partial charge in [0.25, 0.3) is 0 Å². The zero-order chi connectivity index (χ0) is 7.70. The normalized spacial score (nSPS) is 5.89. The molecule has 0 aromatic carbocycles. The van der Waals surface area contributed by atoms with Gasteiger partial charge < -0.3 is 10.2 Å². The molecule has 5 heteroatoms. The van der Waals surface area contributed by atoms with E-state index in [2.05, 4.69) is 4.99 Å². The van der Waals surface area contributed by atoms with Gasteiger partial charge in [0.2, 0.25) is 6.08 Å². The number of carbonyl (C=O) groups excluding carboxylic acids is 1. The van der Waals surface area contributed by atoms with E-state index in [0.29, 0.717) is 6.54 Å². The molecule has 0 fully saturated rings. The van der Waals surface area contributed by atoms with Gasteiger partial charge in [-0.25, -0.2) is 14.6 Å². The summed E-state index contributed by atoms with van der Waals surface area (Å²) < 4.78 is 0. The second kappa shape index (κ2) is 9.82. The first kappa shape index (κ1) is 10.6. The summed E-state index contributed by atoms with van der Waals surface area (Å²) in [5.41, 5.74) is 0. The maximum absolute atomic E-state index is 9.11. The van der Waals surface area contributed by atoms with Gasteiger partial charge in [-0.2, -0.15) is 0 Å². The molecule has 0 radical (unpaired) electrons. The third-order valence-corrected chi connectivity index (χ3v) is 0.223. The van der Waals surface area contributed by atoms with Crippen molar-refractivity contribution in [1.29, 1.82) is 0 Å². The Morgan fingerprint density at radius 3 is 2.00 bits per heavy atom. The number of hydrogen-bond donors (Lipinski definition) is 2. The molecule has 0 spiro atoms. The molecule has 0 saturated carbocycles. The van der Waals surface area contributed by atoms with Crippen LogP contribution in [-0.2, 0) is 4.79 Å². The summed E-state index contributed by atoms with van der Waals surface area (Å²) in [6, 6.07) is 0. The minimum atomic E-state index is -1.83. The molecule has 0 aromatic heterocycles. The van der Waals surface area contributed by atoms with Crippen LogP contribution in [0.25, 0.3) is 0 Å². The van der Waals surface area contributed by atoms with Crippen LogP contribution >= 0.6 is 0 Å². The van der Waals surface area contributed by atoms with E-state index >= 15 is 0 Å². The predicted octanol–water partition coefficient (Wildman–Crippen LogP) is 0.565. The minimum absolute atomic E-state index is 0.545. The van der Waals surface area contributed by atoms with Crippen molar-refractivity contribution < 1.29 is 19.8 Å². The molecule has 0 saturated heterocycles. The van der Waals surface area contributed by atoms with Gasteiger partial charge in [-0.1, -0.05) is 0 Å². The average Bonchev–Trinajstić information content (AvgIpc) is 1.66. The van der Waals surface area contributed by atoms with Crippen LogP contribution in [0.3, 0.4) is 0 Å². The van der Waals surface area contributed by atoms with E-state index in [-0.39, 0.29) is 0 Å². The highest BCUT2D eigenvalue weighted by Gasteiger charge is 1.70. The quantitative estimate of drug-likeness (QED) is 0.404. The maximum Gasteiger partial charge on any atom is 0.503 e. The molecule has 0 amide bonds. The van der Waals surface area contributed by atoms with Crippen molar-refractivity contribution in [3.63, 3.8) is 0 Å². The fourth-order valence-electron chi connectivity index (χ4n) is 0.0645. The zero-order valence-electron chi connectivity index (χ0n) is 4.87. The van der Waals surface area contributed by atoms with Crippen molar-refractivity contribution >= 4 is 12.2 Å². The van der Waals surface area contributed by atoms with E-state index in [1.807, 2.05) is 0 Å². The van der Waals surface area contributed by atoms with E-state index in [4.69, 9.17) is 19.8 Å². The highest BCUT2D eigenvalue weighted by molar-refractivity contribution is 5.53. The molecule has 5 nitrogen and oxygen atoms in total. The Hall–Kier alpha value is -1.35. The van der Waals surface area contributed by atoms with Crippen molar-refractivity contribution in [2.24, 2.45) is 4.99 Å². The van der Waals surface area contributed by atoms with Gasteiger partial charge in [-0.15, -0.1) is 0 Å². The monoisotopic (exact) mass is 133 g/mol. The second-order valence-corrected chi connectivity index (χ2v) is 0.848. The maximum atomic E-state index is 9.11. The largest absolute Gasteiger partial charge is 0.503 e. The molecule has 52 valence electrons. The van der Waals surface area contributed by atoms with Gasteiger partial charge in [-0.3, -0.25) is 0 Å². The first-order valence-electron chi connectivity index (χ1n) is 2.10. The van der Waals surface area contributed by atoms with Crippen molar-refractivity contribution in [2.75, 3.05) is 6.54 Å². The topological polar surface area (TPSA) is 87.0 Å². The zero-order valence-corrected chi connectivity index (χ0v) is 4.87. The van der Waals surface area contributed by atoms with E-state index in [0.717, 1.165) is 0 Å². The number of hydrogen-bond acceptors (Lipinski definition) is 3. The van der Waals surface area contributed by atoms with E-state index in [9.17, 15) is 0 Å². The molecular formula is C4H7NO4. The first-order chi connectivity index (χ1) is 4.15. The van der Waals surface area contributed by atoms with E-state index in [1.54, 1.807) is 6.92 Å². The number of carbonyl (C=O) groups is 1. The Morgan fingerprint density at radius 2 is 2.00 bits per heavy atom.